The zero-order valence-electron chi connectivity index (χ0n) is 13.2. The molecule has 1 saturated heterocycles. The van der Waals surface area contributed by atoms with E-state index in [4.69, 9.17) is 16.3 Å². The Morgan fingerprint density at radius 1 is 1.38 bits per heavy atom. The molecule has 1 N–H and O–H groups in total. The molecule has 1 aliphatic rings. The van der Waals surface area contributed by atoms with Gasteiger partial charge >= 0.3 is 0 Å². The Balaban J connectivity index is 1.79. The summed E-state index contributed by atoms with van der Waals surface area (Å²) in [7, 11) is 0. The van der Waals surface area contributed by atoms with Gasteiger partial charge in [-0.3, -0.25) is 4.90 Å². The molecule has 3 nitrogen and oxygen atoms in total. The van der Waals surface area contributed by atoms with Crippen LogP contribution in [0.3, 0.4) is 0 Å². The van der Waals surface area contributed by atoms with E-state index in [2.05, 4.69) is 30.1 Å². The zero-order valence-corrected chi connectivity index (χ0v) is 14.0. The Labute approximate surface area is 133 Å². The summed E-state index contributed by atoms with van der Waals surface area (Å²) in [6.45, 7) is 9.37. The van der Waals surface area contributed by atoms with Gasteiger partial charge in [-0.1, -0.05) is 31.5 Å². The standard InChI is InChI=1S/C17H27ClN2O/c1-3-10-21-17-8-7-14(11-16(17)18)12-19-13-15-6-5-9-20(15)4-2/h7-8,11,15,19H,3-6,9-10,12-13H2,1-2H3/t15-/m0/s1. The minimum absolute atomic E-state index is 0.692. The molecule has 1 aromatic carbocycles. The third kappa shape index (κ3) is 4.87. The van der Waals surface area contributed by atoms with Crippen LogP contribution >= 0.6 is 11.6 Å². The van der Waals surface area contributed by atoms with Crippen LogP contribution in [0.5, 0.6) is 5.75 Å². The Hall–Kier alpha value is -0.770. The SMILES string of the molecule is CCCOc1ccc(CNC[C@@H]2CCCN2CC)cc1Cl. The van der Waals surface area contributed by atoms with Crippen molar-refractivity contribution in [3.8, 4) is 5.75 Å². The van der Waals surface area contributed by atoms with Crippen molar-refractivity contribution in [3.05, 3.63) is 28.8 Å². The van der Waals surface area contributed by atoms with Gasteiger partial charge in [0.25, 0.3) is 0 Å². The molecule has 118 valence electrons. The molecular weight excluding hydrogens is 284 g/mol. The van der Waals surface area contributed by atoms with E-state index in [1.807, 2.05) is 12.1 Å². The van der Waals surface area contributed by atoms with Gasteiger partial charge in [0.15, 0.2) is 0 Å². The van der Waals surface area contributed by atoms with E-state index in [9.17, 15) is 0 Å². The van der Waals surface area contributed by atoms with Crippen molar-refractivity contribution >= 4 is 11.6 Å². The molecule has 0 aliphatic carbocycles. The number of ether oxygens (including phenoxy) is 1. The van der Waals surface area contributed by atoms with E-state index in [1.165, 1.54) is 24.9 Å². The Morgan fingerprint density at radius 2 is 2.24 bits per heavy atom. The lowest BCUT2D eigenvalue weighted by Gasteiger charge is -2.23. The van der Waals surface area contributed by atoms with Crippen LogP contribution in [-0.4, -0.2) is 37.2 Å². The molecular formula is C17H27ClN2O. The Bertz CT molecular complexity index is 439. The minimum atomic E-state index is 0.692. The van der Waals surface area contributed by atoms with Crippen molar-refractivity contribution in [1.82, 2.24) is 10.2 Å². The summed E-state index contributed by atoms with van der Waals surface area (Å²) in [5.41, 5.74) is 1.21. The summed E-state index contributed by atoms with van der Waals surface area (Å²) in [4.78, 5) is 2.56. The van der Waals surface area contributed by atoms with Gasteiger partial charge in [0.05, 0.1) is 11.6 Å². The van der Waals surface area contributed by atoms with Crippen molar-refractivity contribution in [1.29, 1.82) is 0 Å². The second-order valence-electron chi connectivity index (χ2n) is 5.67. The number of likely N-dealkylation sites (tertiary alicyclic amines) is 1. The summed E-state index contributed by atoms with van der Waals surface area (Å²) in [6, 6.07) is 6.77. The highest BCUT2D eigenvalue weighted by atomic mass is 35.5. The molecule has 1 aliphatic heterocycles. The predicted molar refractivity (Wildman–Crippen MR) is 89.2 cm³/mol. The molecule has 0 saturated carbocycles. The minimum Gasteiger partial charge on any atom is -0.492 e. The van der Waals surface area contributed by atoms with Crippen molar-refractivity contribution in [2.75, 3.05) is 26.2 Å². The number of hydrogen-bond donors (Lipinski definition) is 1. The number of nitrogens with zero attached hydrogens (tertiary/aromatic N) is 1. The lowest BCUT2D eigenvalue weighted by molar-refractivity contribution is 0.260. The van der Waals surface area contributed by atoms with Crippen LogP contribution in [-0.2, 0) is 6.54 Å². The largest absolute Gasteiger partial charge is 0.492 e. The highest BCUT2D eigenvalue weighted by molar-refractivity contribution is 6.32. The number of hydrogen-bond acceptors (Lipinski definition) is 3. The molecule has 1 fully saturated rings. The van der Waals surface area contributed by atoms with Gasteiger partial charge in [0.2, 0.25) is 0 Å². The van der Waals surface area contributed by atoms with E-state index < -0.39 is 0 Å². The quantitative estimate of drug-likeness (QED) is 0.792. The number of benzene rings is 1. The van der Waals surface area contributed by atoms with Crippen LogP contribution in [0.2, 0.25) is 5.02 Å². The fourth-order valence-corrected chi connectivity index (χ4v) is 3.17. The lowest BCUT2D eigenvalue weighted by Crippen LogP contribution is -2.37. The fraction of sp³-hybridized carbons (Fsp3) is 0.647. The van der Waals surface area contributed by atoms with Gasteiger partial charge < -0.3 is 10.1 Å². The van der Waals surface area contributed by atoms with Gasteiger partial charge in [0.1, 0.15) is 5.75 Å². The molecule has 0 amide bonds. The molecule has 0 spiro atoms. The van der Waals surface area contributed by atoms with Crippen LogP contribution in [0.15, 0.2) is 18.2 Å². The first-order valence-electron chi connectivity index (χ1n) is 8.10. The van der Waals surface area contributed by atoms with Crippen molar-refractivity contribution in [2.24, 2.45) is 0 Å². The average molecular weight is 311 g/mol. The lowest BCUT2D eigenvalue weighted by atomic mass is 10.2. The first kappa shape index (κ1) is 16.6. The topological polar surface area (TPSA) is 24.5 Å². The van der Waals surface area contributed by atoms with Crippen molar-refractivity contribution in [3.63, 3.8) is 0 Å². The van der Waals surface area contributed by atoms with Crippen LogP contribution in [0.1, 0.15) is 38.7 Å². The van der Waals surface area contributed by atoms with Gasteiger partial charge in [-0.15, -0.1) is 0 Å². The van der Waals surface area contributed by atoms with Crippen LogP contribution in [0.4, 0.5) is 0 Å². The molecule has 4 heteroatoms. The summed E-state index contributed by atoms with van der Waals surface area (Å²) >= 11 is 6.26. The number of nitrogens with one attached hydrogen (secondary N) is 1. The highest BCUT2D eigenvalue weighted by Crippen LogP contribution is 2.25. The van der Waals surface area contributed by atoms with Gasteiger partial charge in [-0.25, -0.2) is 0 Å². The van der Waals surface area contributed by atoms with E-state index >= 15 is 0 Å². The van der Waals surface area contributed by atoms with E-state index in [0.717, 1.165) is 31.8 Å². The average Bonchev–Trinajstić information content (AvgIpc) is 2.94. The summed E-state index contributed by atoms with van der Waals surface area (Å²) < 4.78 is 5.60. The molecule has 1 atom stereocenters. The summed E-state index contributed by atoms with van der Waals surface area (Å²) in [5.74, 6) is 0.787. The van der Waals surface area contributed by atoms with E-state index in [0.29, 0.717) is 17.7 Å². The first-order valence-corrected chi connectivity index (χ1v) is 8.48. The molecule has 1 aromatic rings. The van der Waals surface area contributed by atoms with Crippen LogP contribution < -0.4 is 10.1 Å². The summed E-state index contributed by atoms with van der Waals surface area (Å²) in [5, 5.41) is 4.26. The number of likely N-dealkylation sites (N-methyl/N-ethyl adjacent to an activating group) is 1. The maximum atomic E-state index is 6.26. The van der Waals surface area contributed by atoms with E-state index in [-0.39, 0.29) is 0 Å². The number of rotatable bonds is 8. The highest BCUT2D eigenvalue weighted by Gasteiger charge is 2.22. The smallest absolute Gasteiger partial charge is 0.137 e. The zero-order chi connectivity index (χ0) is 15.1. The van der Waals surface area contributed by atoms with Crippen molar-refractivity contribution < 1.29 is 4.74 Å². The second-order valence-corrected chi connectivity index (χ2v) is 6.08. The maximum absolute atomic E-state index is 6.26. The number of halogens is 1. The third-order valence-electron chi connectivity index (χ3n) is 4.07. The fourth-order valence-electron chi connectivity index (χ4n) is 2.91. The second kappa shape index (κ2) is 8.62. The monoisotopic (exact) mass is 310 g/mol. The molecule has 21 heavy (non-hydrogen) atoms. The normalized spacial score (nSPS) is 19.1. The first-order chi connectivity index (χ1) is 10.2. The third-order valence-corrected chi connectivity index (χ3v) is 4.37. The maximum Gasteiger partial charge on any atom is 0.137 e. The summed E-state index contributed by atoms with van der Waals surface area (Å²) in [6.07, 6.45) is 3.63. The van der Waals surface area contributed by atoms with Gasteiger partial charge in [0, 0.05) is 19.1 Å². The molecule has 1 heterocycles. The van der Waals surface area contributed by atoms with Crippen LogP contribution in [0.25, 0.3) is 0 Å². The van der Waals surface area contributed by atoms with Gasteiger partial charge in [-0.05, 0) is 50.0 Å². The predicted octanol–water partition coefficient (Wildman–Crippen LogP) is 3.70. The molecule has 0 radical (unpaired) electrons. The van der Waals surface area contributed by atoms with Crippen molar-refractivity contribution in [2.45, 2.75) is 45.7 Å². The Morgan fingerprint density at radius 3 is 2.95 bits per heavy atom. The molecule has 2 rings (SSSR count). The Kier molecular flexibility index (Phi) is 6.81. The molecule has 0 bridgehead atoms. The van der Waals surface area contributed by atoms with E-state index in [1.54, 1.807) is 0 Å². The van der Waals surface area contributed by atoms with Crippen LogP contribution in [0, 0.1) is 0 Å². The molecule has 0 aromatic heterocycles. The molecule has 0 unspecified atom stereocenters. The van der Waals surface area contributed by atoms with Gasteiger partial charge in [-0.2, -0.15) is 0 Å².